The fourth-order valence-corrected chi connectivity index (χ4v) is 5.21. The lowest BCUT2D eigenvalue weighted by Gasteiger charge is -2.55. The molecule has 2 heterocycles. The lowest BCUT2D eigenvalue weighted by atomic mass is 10.00. The van der Waals surface area contributed by atoms with Crippen molar-refractivity contribution in [2.75, 3.05) is 20.1 Å². The molecular formula is C23H33N5O3. The molecule has 0 spiro atoms. The van der Waals surface area contributed by atoms with Gasteiger partial charge in [0.2, 0.25) is 11.8 Å². The third kappa shape index (κ3) is 4.26. The Kier molecular flexibility index (Phi) is 6.46. The molecule has 0 radical (unpaired) electrons. The van der Waals surface area contributed by atoms with E-state index in [1.54, 1.807) is 22.0 Å². The third-order valence-corrected chi connectivity index (χ3v) is 6.71. The van der Waals surface area contributed by atoms with E-state index in [9.17, 15) is 14.4 Å². The second-order valence-electron chi connectivity index (χ2n) is 8.82. The SMILES string of the molecule is CCC[C@H]1C(=O)N(C2CCCC2)C[C@H]2N1C(=O)CN(C)N2C(=O)NCc1ccccc1. The normalized spacial score (nSPS) is 25.2. The fourth-order valence-electron chi connectivity index (χ4n) is 5.21. The van der Waals surface area contributed by atoms with Crippen LogP contribution in [0.2, 0.25) is 0 Å². The topological polar surface area (TPSA) is 76.2 Å². The lowest BCUT2D eigenvalue weighted by molar-refractivity contribution is -0.189. The smallest absolute Gasteiger partial charge is 0.334 e. The van der Waals surface area contributed by atoms with E-state index < -0.39 is 12.2 Å². The molecule has 1 saturated carbocycles. The van der Waals surface area contributed by atoms with Crippen LogP contribution in [0.4, 0.5) is 4.79 Å². The van der Waals surface area contributed by atoms with Crippen molar-refractivity contribution in [3.8, 4) is 0 Å². The Balaban J connectivity index is 1.58. The second kappa shape index (κ2) is 9.26. The maximum absolute atomic E-state index is 13.4. The Morgan fingerprint density at radius 1 is 1.13 bits per heavy atom. The van der Waals surface area contributed by atoms with Crippen LogP contribution in [0.3, 0.4) is 0 Å². The molecule has 8 heteroatoms. The van der Waals surface area contributed by atoms with Gasteiger partial charge in [0.05, 0.1) is 13.1 Å². The Hall–Kier alpha value is -2.61. The first kappa shape index (κ1) is 21.6. The first-order valence-electron chi connectivity index (χ1n) is 11.4. The largest absolute Gasteiger partial charge is 0.334 e. The van der Waals surface area contributed by atoms with Gasteiger partial charge in [-0.15, -0.1) is 0 Å². The molecule has 1 aliphatic carbocycles. The van der Waals surface area contributed by atoms with Crippen LogP contribution in [-0.2, 0) is 16.1 Å². The van der Waals surface area contributed by atoms with Gasteiger partial charge >= 0.3 is 6.03 Å². The predicted octanol–water partition coefficient (Wildman–Crippen LogP) is 2.17. The number of hydrogen-bond donors (Lipinski definition) is 1. The number of carbonyl (C=O) groups is 3. The van der Waals surface area contributed by atoms with Crippen LogP contribution in [0.15, 0.2) is 30.3 Å². The molecule has 1 aromatic rings. The van der Waals surface area contributed by atoms with Gasteiger partial charge in [0.25, 0.3) is 0 Å². The van der Waals surface area contributed by atoms with E-state index in [1.165, 1.54) is 0 Å². The quantitative estimate of drug-likeness (QED) is 0.781. The van der Waals surface area contributed by atoms with Crippen molar-refractivity contribution >= 4 is 17.8 Å². The maximum Gasteiger partial charge on any atom is 0.334 e. The highest BCUT2D eigenvalue weighted by atomic mass is 16.2. The van der Waals surface area contributed by atoms with E-state index in [2.05, 4.69) is 5.32 Å². The molecule has 0 aromatic heterocycles. The summed E-state index contributed by atoms with van der Waals surface area (Å²) >= 11 is 0. The number of rotatable bonds is 5. The van der Waals surface area contributed by atoms with Crippen molar-refractivity contribution in [2.24, 2.45) is 0 Å². The van der Waals surface area contributed by atoms with Crippen molar-refractivity contribution in [3.05, 3.63) is 35.9 Å². The number of urea groups is 1. The Labute approximate surface area is 184 Å². The van der Waals surface area contributed by atoms with E-state index in [-0.39, 0.29) is 30.4 Å². The van der Waals surface area contributed by atoms with Gasteiger partial charge in [-0.05, 0) is 24.8 Å². The van der Waals surface area contributed by atoms with Crippen LogP contribution in [-0.4, -0.2) is 76.0 Å². The van der Waals surface area contributed by atoms with E-state index in [0.717, 1.165) is 37.7 Å². The summed E-state index contributed by atoms with van der Waals surface area (Å²) in [6.07, 6.45) is 5.21. The summed E-state index contributed by atoms with van der Waals surface area (Å²) in [5, 5.41) is 6.32. The van der Waals surface area contributed by atoms with E-state index in [1.807, 2.05) is 42.2 Å². The van der Waals surface area contributed by atoms with Crippen LogP contribution in [0, 0.1) is 0 Å². The van der Waals surface area contributed by atoms with Crippen molar-refractivity contribution in [3.63, 3.8) is 0 Å². The summed E-state index contributed by atoms with van der Waals surface area (Å²) in [6, 6.07) is 9.23. The number of hydrazine groups is 1. The number of benzene rings is 1. The van der Waals surface area contributed by atoms with Crippen molar-refractivity contribution in [1.29, 1.82) is 0 Å². The van der Waals surface area contributed by atoms with Gasteiger partial charge in [-0.3, -0.25) is 9.59 Å². The molecule has 4 amide bonds. The monoisotopic (exact) mass is 427 g/mol. The van der Waals surface area contributed by atoms with Gasteiger partial charge in [0.15, 0.2) is 0 Å². The van der Waals surface area contributed by atoms with Crippen molar-refractivity contribution in [2.45, 2.75) is 70.2 Å². The molecule has 4 rings (SSSR count). The average Bonchev–Trinajstić information content (AvgIpc) is 3.29. The minimum Gasteiger partial charge on any atom is -0.334 e. The lowest BCUT2D eigenvalue weighted by Crippen LogP contribution is -2.76. The van der Waals surface area contributed by atoms with Gasteiger partial charge in [0, 0.05) is 19.6 Å². The maximum atomic E-state index is 13.4. The highest BCUT2D eigenvalue weighted by Gasteiger charge is 2.51. The van der Waals surface area contributed by atoms with E-state index in [4.69, 9.17) is 0 Å². The number of piperazine rings is 1. The number of fused-ring (bicyclic) bond motifs is 1. The average molecular weight is 428 g/mol. The van der Waals surface area contributed by atoms with E-state index >= 15 is 0 Å². The Morgan fingerprint density at radius 2 is 1.84 bits per heavy atom. The molecule has 0 bridgehead atoms. The standard InChI is InChI=1S/C23H33N5O3/c1-3-9-19-22(30)26(18-12-7-8-13-18)15-20-27(19)21(29)16-25(2)28(20)23(31)24-14-17-10-5-4-6-11-17/h4-6,10-11,18-20H,3,7-9,12-16H2,1-2H3,(H,24,31)/t19-,20-/m0/s1. The molecule has 2 saturated heterocycles. The van der Waals surface area contributed by atoms with Gasteiger partial charge in [0.1, 0.15) is 12.2 Å². The molecule has 168 valence electrons. The molecule has 2 aliphatic heterocycles. The molecular weight excluding hydrogens is 394 g/mol. The fraction of sp³-hybridized carbons (Fsp3) is 0.609. The second-order valence-corrected chi connectivity index (χ2v) is 8.82. The third-order valence-electron chi connectivity index (χ3n) is 6.71. The zero-order valence-corrected chi connectivity index (χ0v) is 18.5. The van der Waals surface area contributed by atoms with Gasteiger partial charge in [-0.2, -0.15) is 0 Å². The Morgan fingerprint density at radius 3 is 2.52 bits per heavy atom. The highest BCUT2D eigenvalue weighted by molar-refractivity contribution is 5.91. The van der Waals surface area contributed by atoms with Crippen molar-refractivity contribution in [1.82, 2.24) is 25.1 Å². The summed E-state index contributed by atoms with van der Waals surface area (Å²) in [4.78, 5) is 43.3. The molecule has 3 aliphatic rings. The zero-order chi connectivity index (χ0) is 22.0. The van der Waals surface area contributed by atoms with Crippen LogP contribution in [0.1, 0.15) is 51.0 Å². The summed E-state index contributed by atoms with van der Waals surface area (Å²) < 4.78 is 0. The van der Waals surface area contributed by atoms with Crippen LogP contribution in [0.5, 0.6) is 0 Å². The van der Waals surface area contributed by atoms with E-state index in [0.29, 0.717) is 19.5 Å². The van der Waals surface area contributed by atoms with Gasteiger partial charge < -0.3 is 15.1 Å². The number of nitrogens with one attached hydrogen (secondary N) is 1. The number of nitrogens with zero attached hydrogens (tertiary/aromatic N) is 4. The number of likely N-dealkylation sites (N-methyl/N-ethyl adjacent to an activating group) is 1. The minimum absolute atomic E-state index is 0.0487. The minimum atomic E-state index is -0.491. The molecule has 1 N–H and O–H groups in total. The Bertz CT molecular complexity index is 811. The number of hydrogen-bond acceptors (Lipinski definition) is 4. The molecule has 3 fully saturated rings. The van der Waals surface area contributed by atoms with Gasteiger partial charge in [-0.25, -0.2) is 14.8 Å². The first-order chi connectivity index (χ1) is 15.0. The van der Waals surface area contributed by atoms with Crippen LogP contribution >= 0.6 is 0 Å². The molecule has 8 nitrogen and oxygen atoms in total. The highest BCUT2D eigenvalue weighted by Crippen LogP contribution is 2.32. The number of amides is 4. The van der Waals surface area contributed by atoms with Crippen molar-refractivity contribution < 1.29 is 14.4 Å². The van der Waals surface area contributed by atoms with Gasteiger partial charge in [-0.1, -0.05) is 56.5 Å². The summed E-state index contributed by atoms with van der Waals surface area (Å²) in [6.45, 7) is 2.90. The summed E-state index contributed by atoms with van der Waals surface area (Å²) in [5.41, 5.74) is 1.01. The first-order valence-corrected chi connectivity index (χ1v) is 11.4. The summed E-state index contributed by atoms with van der Waals surface area (Å²) in [5.74, 6) is -0.0370. The molecule has 31 heavy (non-hydrogen) atoms. The summed E-state index contributed by atoms with van der Waals surface area (Å²) in [7, 11) is 1.77. The predicted molar refractivity (Wildman–Crippen MR) is 116 cm³/mol. The number of carbonyl (C=O) groups excluding carboxylic acids is 3. The zero-order valence-electron chi connectivity index (χ0n) is 18.5. The molecule has 2 atom stereocenters. The molecule has 0 unspecified atom stereocenters. The van der Waals surface area contributed by atoms with Crippen LogP contribution in [0.25, 0.3) is 0 Å². The molecule has 1 aromatic carbocycles. The van der Waals surface area contributed by atoms with Crippen LogP contribution < -0.4 is 5.32 Å².